The quantitative estimate of drug-likeness (QED) is 0.334. The monoisotopic (exact) mass is 422 g/mol. The molecule has 0 spiro atoms. The van der Waals surface area contributed by atoms with Crippen molar-refractivity contribution in [2.75, 3.05) is 0 Å². The topological polar surface area (TPSA) is 63.6 Å². The molecule has 2 atom stereocenters. The molecule has 1 saturated carbocycles. The van der Waals surface area contributed by atoms with Crippen LogP contribution in [0.1, 0.15) is 23.0 Å². The summed E-state index contributed by atoms with van der Waals surface area (Å²) in [4.78, 5) is 25.7. The van der Waals surface area contributed by atoms with Crippen molar-refractivity contribution >= 4 is 22.7 Å². The number of hydrogen-bond acceptors (Lipinski definition) is 3. The van der Waals surface area contributed by atoms with E-state index < -0.39 is 35.6 Å². The summed E-state index contributed by atoms with van der Waals surface area (Å²) in [5, 5.41) is 12.1. The van der Waals surface area contributed by atoms with E-state index in [0.717, 1.165) is 21.9 Å². The zero-order valence-electron chi connectivity index (χ0n) is 17.3. The van der Waals surface area contributed by atoms with Gasteiger partial charge in [-0.2, -0.15) is 0 Å². The molecule has 0 unspecified atom stereocenters. The number of carboxylic acid groups (broad SMARTS) is 1. The van der Waals surface area contributed by atoms with Crippen LogP contribution in [0.3, 0.4) is 0 Å². The number of hydrogen-bond donors (Lipinski definition) is 1. The third kappa shape index (κ3) is 3.54. The number of ether oxygens (including phenoxy) is 1. The number of rotatable bonds is 5. The lowest BCUT2D eigenvalue weighted by atomic mass is 9.52. The van der Waals surface area contributed by atoms with E-state index in [1.54, 1.807) is 6.07 Å². The van der Waals surface area contributed by atoms with Crippen molar-refractivity contribution in [1.82, 2.24) is 0 Å². The second-order valence-electron chi connectivity index (χ2n) is 8.19. The molecule has 0 amide bonds. The number of esters is 1. The Morgan fingerprint density at radius 3 is 1.72 bits per heavy atom. The van der Waals surface area contributed by atoms with Gasteiger partial charge in [0, 0.05) is 11.8 Å². The first-order chi connectivity index (χ1) is 15.6. The van der Waals surface area contributed by atoms with Gasteiger partial charge < -0.3 is 9.84 Å². The fourth-order valence-electron chi connectivity index (χ4n) is 4.94. The molecule has 0 radical (unpaired) electrons. The van der Waals surface area contributed by atoms with Gasteiger partial charge in [-0.1, -0.05) is 91.0 Å². The highest BCUT2D eigenvalue weighted by Gasteiger charge is 2.59. The lowest BCUT2D eigenvalue weighted by molar-refractivity contribution is -0.158. The molecule has 0 aromatic heterocycles. The normalized spacial score (nSPS) is 22.1. The van der Waals surface area contributed by atoms with Crippen LogP contribution in [-0.4, -0.2) is 17.0 Å². The minimum atomic E-state index is -0.900. The van der Waals surface area contributed by atoms with E-state index >= 15 is 0 Å². The maximum absolute atomic E-state index is 13.5. The van der Waals surface area contributed by atoms with Crippen LogP contribution in [0.5, 0.6) is 5.75 Å². The van der Waals surface area contributed by atoms with Crippen LogP contribution in [0.25, 0.3) is 10.8 Å². The van der Waals surface area contributed by atoms with Crippen LogP contribution in [-0.2, 0) is 9.59 Å². The number of benzene rings is 4. The average Bonchev–Trinajstić information content (AvgIpc) is 2.79. The fourth-order valence-corrected chi connectivity index (χ4v) is 4.94. The Kier molecular flexibility index (Phi) is 5.20. The average molecular weight is 422 g/mol. The third-order valence-corrected chi connectivity index (χ3v) is 6.41. The highest BCUT2D eigenvalue weighted by molar-refractivity contribution is 5.87. The van der Waals surface area contributed by atoms with Crippen LogP contribution in [0.2, 0.25) is 0 Å². The molecule has 1 aliphatic rings. The predicted molar refractivity (Wildman–Crippen MR) is 123 cm³/mol. The zero-order valence-corrected chi connectivity index (χ0v) is 17.3. The van der Waals surface area contributed by atoms with Crippen molar-refractivity contribution in [2.45, 2.75) is 11.8 Å². The molecule has 0 heterocycles. The summed E-state index contributed by atoms with van der Waals surface area (Å²) >= 11 is 0. The predicted octanol–water partition coefficient (Wildman–Crippen LogP) is 5.64. The smallest absolute Gasteiger partial charge is 0.315 e. The summed E-state index contributed by atoms with van der Waals surface area (Å²) in [7, 11) is 0. The maximum atomic E-state index is 13.5. The Hall–Kier alpha value is -3.92. The maximum Gasteiger partial charge on any atom is 0.315 e. The summed E-state index contributed by atoms with van der Waals surface area (Å²) in [6.45, 7) is 0. The van der Waals surface area contributed by atoms with Gasteiger partial charge in [-0.25, -0.2) is 0 Å². The number of carboxylic acids is 1. The Labute approximate surface area is 186 Å². The SMILES string of the molecule is O=C(O)[C@H]1[C@H](c2ccccc2)[C@@H](C(=O)Oc2ccc3ccccc3c2)[C@H]1c1ccccc1. The van der Waals surface area contributed by atoms with E-state index in [-0.39, 0.29) is 0 Å². The van der Waals surface area contributed by atoms with Gasteiger partial charge >= 0.3 is 11.9 Å². The first kappa shape index (κ1) is 20.0. The Morgan fingerprint density at radius 1 is 0.625 bits per heavy atom. The van der Waals surface area contributed by atoms with Gasteiger partial charge in [0.05, 0.1) is 11.8 Å². The number of fused-ring (bicyclic) bond motifs is 1. The van der Waals surface area contributed by atoms with Crippen LogP contribution in [0, 0.1) is 11.8 Å². The van der Waals surface area contributed by atoms with Gasteiger partial charge in [-0.3, -0.25) is 9.59 Å². The van der Waals surface area contributed by atoms with Crippen molar-refractivity contribution in [3.8, 4) is 5.75 Å². The molecular formula is C28H22O4. The van der Waals surface area contributed by atoms with Crippen LogP contribution >= 0.6 is 0 Å². The largest absolute Gasteiger partial charge is 0.481 e. The van der Waals surface area contributed by atoms with E-state index in [1.165, 1.54) is 0 Å². The minimum absolute atomic E-state index is 0.402. The van der Waals surface area contributed by atoms with E-state index in [2.05, 4.69) is 0 Å². The molecule has 4 aromatic carbocycles. The zero-order chi connectivity index (χ0) is 22.1. The minimum Gasteiger partial charge on any atom is -0.481 e. The lowest BCUT2D eigenvalue weighted by Gasteiger charge is -2.48. The van der Waals surface area contributed by atoms with Crippen molar-refractivity contribution < 1.29 is 19.4 Å². The molecule has 5 rings (SSSR count). The van der Waals surface area contributed by atoms with Gasteiger partial charge in [0.25, 0.3) is 0 Å². The van der Waals surface area contributed by atoms with E-state index in [9.17, 15) is 14.7 Å². The first-order valence-electron chi connectivity index (χ1n) is 10.7. The molecule has 0 bridgehead atoms. The number of carbonyl (C=O) groups is 2. The fraction of sp³-hybridized carbons (Fsp3) is 0.143. The molecule has 32 heavy (non-hydrogen) atoms. The van der Waals surface area contributed by atoms with Gasteiger partial charge in [-0.15, -0.1) is 0 Å². The summed E-state index contributed by atoms with van der Waals surface area (Å²) in [6, 6.07) is 32.2. The van der Waals surface area contributed by atoms with Gasteiger partial charge in [0.1, 0.15) is 5.75 Å². The summed E-state index contributed by atoms with van der Waals surface area (Å²) in [6.07, 6.45) is 0. The molecule has 0 saturated heterocycles. The number of carbonyl (C=O) groups excluding carboxylic acids is 1. The molecule has 0 aliphatic heterocycles. The second-order valence-corrected chi connectivity index (χ2v) is 8.19. The summed E-state index contributed by atoms with van der Waals surface area (Å²) < 4.78 is 5.83. The molecular weight excluding hydrogens is 400 g/mol. The third-order valence-electron chi connectivity index (χ3n) is 6.41. The highest BCUT2D eigenvalue weighted by Crippen LogP contribution is 2.58. The van der Waals surface area contributed by atoms with Crippen molar-refractivity contribution in [2.24, 2.45) is 11.8 Å². The Morgan fingerprint density at radius 2 is 1.16 bits per heavy atom. The van der Waals surface area contributed by atoms with Crippen molar-refractivity contribution in [3.63, 3.8) is 0 Å². The van der Waals surface area contributed by atoms with E-state index in [0.29, 0.717) is 5.75 Å². The van der Waals surface area contributed by atoms with Crippen molar-refractivity contribution in [3.05, 3.63) is 114 Å². The van der Waals surface area contributed by atoms with Gasteiger partial charge in [-0.05, 0) is 34.0 Å². The Balaban J connectivity index is 1.52. The van der Waals surface area contributed by atoms with Crippen molar-refractivity contribution in [1.29, 1.82) is 0 Å². The van der Waals surface area contributed by atoms with Gasteiger partial charge in [0.2, 0.25) is 0 Å². The lowest BCUT2D eigenvalue weighted by Crippen LogP contribution is -2.52. The highest BCUT2D eigenvalue weighted by atomic mass is 16.5. The van der Waals surface area contributed by atoms with E-state index in [4.69, 9.17) is 4.74 Å². The summed E-state index contributed by atoms with van der Waals surface area (Å²) in [5.74, 6) is -3.03. The molecule has 1 aliphatic carbocycles. The molecule has 4 nitrogen and oxygen atoms in total. The molecule has 4 aromatic rings. The standard InChI is InChI=1S/C28H22O4/c29-27(30)25-23(19-10-3-1-4-11-19)26(24(25)20-12-5-2-6-13-20)28(31)32-22-16-15-18-9-7-8-14-21(18)17-22/h1-17,23-26H,(H,29,30)/t23-,24-,25-,26+/m0/s1. The van der Waals surface area contributed by atoms with Crippen LogP contribution < -0.4 is 4.74 Å². The van der Waals surface area contributed by atoms with Gasteiger partial charge in [0.15, 0.2) is 0 Å². The molecule has 1 fully saturated rings. The first-order valence-corrected chi connectivity index (χ1v) is 10.7. The molecule has 4 heteroatoms. The second kappa shape index (κ2) is 8.31. The molecule has 158 valence electrons. The van der Waals surface area contributed by atoms with Crippen LogP contribution in [0.15, 0.2) is 103 Å². The van der Waals surface area contributed by atoms with Crippen LogP contribution in [0.4, 0.5) is 0 Å². The Bertz CT molecular complexity index is 1220. The number of aliphatic carboxylic acids is 1. The van der Waals surface area contributed by atoms with E-state index in [1.807, 2.05) is 97.1 Å². The summed E-state index contributed by atoms with van der Waals surface area (Å²) in [5.41, 5.74) is 1.68. The molecule has 1 N–H and O–H groups in total.